The van der Waals surface area contributed by atoms with Crippen LogP contribution >= 0.6 is 11.8 Å². The zero-order valence-electron chi connectivity index (χ0n) is 16.8. The van der Waals surface area contributed by atoms with Crippen LogP contribution in [0.15, 0.2) is 52.1 Å². The van der Waals surface area contributed by atoms with Gasteiger partial charge in [0.2, 0.25) is 0 Å². The van der Waals surface area contributed by atoms with E-state index in [4.69, 9.17) is 4.42 Å². The minimum Gasteiger partial charge on any atom is -0.431 e. The van der Waals surface area contributed by atoms with Crippen molar-refractivity contribution in [2.45, 2.75) is 37.2 Å². The van der Waals surface area contributed by atoms with Crippen molar-refractivity contribution in [3.05, 3.63) is 59.2 Å². The second-order valence-electron chi connectivity index (χ2n) is 7.55. The van der Waals surface area contributed by atoms with Gasteiger partial charge in [-0.15, -0.1) is 0 Å². The van der Waals surface area contributed by atoms with Crippen molar-refractivity contribution in [3.63, 3.8) is 0 Å². The third-order valence-electron chi connectivity index (χ3n) is 5.31. The van der Waals surface area contributed by atoms with Crippen LogP contribution in [0.3, 0.4) is 0 Å². The van der Waals surface area contributed by atoms with E-state index in [-0.39, 0.29) is 5.91 Å². The van der Waals surface area contributed by atoms with Crippen LogP contribution in [0.4, 0.5) is 0 Å². The molecule has 1 saturated heterocycles. The lowest BCUT2D eigenvalue weighted by Gasteiger charge is -2.26. The Morgan fingerprint density at radius 3 is 2.83 bits per heavy atom. The molecule has 0 unspecified atom stereocenters. The maximum Gasteiger partial charge on any atom is 0.257 e. The summed E-state index contributed by atoms with van der Waals surface area (Å²) in [5, 5.41) is 3.71. The highest BCUT2D eigenvalue weighted by molar-refractivity contribution is 7.98. The van der Waals surface area contributed by atoms with Gasteiger partial charge in [-0.05, 0) is 62.2 Å². The van der Waals surface area contributed by atoms with Crippen LogP contribution in [-0.4, -0.2) is 42.0 Å². The zero-order valence-corrected chi connectivity index (χ0v) is 17.6. The number of carbonyl (C=O) groups is 1. The normalized spacial score (nSPS) is 14.9. The maximum absolute atomic E-state index is 12.5. The number of nitrogens with one attached hydrogen (secondary N) is 1. The van der Waals surface area contributed by atoms with Crippen molar-refractivity contribution in [1.82, 2.24) is 15.2 Å². The van der Waals surface area contributed by atoms with Gasteiger partial charge in [0.05, 0.1) is 0 Å². The summed E-state index contributed by atoms with van der Waals surface area (Å²) in [7, 11) is 0. The fourth-order valence-corrected chi connectivity index (χ4v) is 4.46. The predicted molar refractivity (Wildman–Crippen MR) is 117 cm³/mol. The highest BCUT2D eigenvalue weighted by Gasteiger charge is 2.12. The predicted octanol–water partition coefficient (Wildman–Crippen LogP) is 4.64. The molecule has 0 aliphatic carbocycles. The molecule has 0 spiro atoms. The number of para-hydroxylation sites is 1. The van der Waals surface area contributed by atoms with Gasteiger partial charge >= 0.3 is 0 Å². The number of amides is 1. The summed E-state index contributed by atoms with van der Waals surface area (Å²) in [6.07, 6.45) is 3.87. The van der Waals surface area contributed by atoms with Crippen LogP contribution in [-0.2, 0) is 5.75 Å². The number of hydrogen-bond donors (Lipinski definition) is 1. The molecule has 0 atom stereocenters. The fraction of sp³-hybridized carbons (Fsp3) is 0.391. The van der Waals surface area contributed by atoms with Gasteiger partial charge in [-0.2, -0.15) is 0 Å². The smallest absolute Gasteiger partial charge is 0.257 e. The first-order chi connectivity index (χ1) is 14.2. The number of aromatic nitrogens is 1. The average Bonchev–Trinajstić information content (AvgIpc) is 3.18. The van der Waals surface area contributed by atoms with Crippen molar-refractivity contribution in [2.75, 3.05) is 26.2 Å². The van der Waals surface area contributed by atoms with E-state index in [1.54, 1.807) is 11.8 Å². The molecule has 1 amide bonds. The molecule has 0 bridgehead atoms. The van der Waals surface area contributed by atoms with E-state index in [9.17, 15) is 4.79 Å². The van der Waals surface area contributed by atoms with Crippen LogP contribution < -0.4 is 5.32 Å². The summed E-state index contributed by atoms with van der Waals surface area (Å²) in [6.45, 7) is 5.96. The number of thioether (sulfide) groups is 1. The summed E-state index contributed by atoms with van der Waals surface area (Å²) in [5.41, 5.74) is 4.63. The minimum absolute atomic E-state index is 0.00801. The van der Waals surface area contributed by atoms with Crippen LogP contribution in [0.5, 0.6) is 0 Å². The van der Waals surface area contributed by atoms with E-state index in [0.29, 0.717) is 23.1 Å². The standard InChI is InChI=1S/C23H27N3O2S/c1-17-7-5-10-20-21(17)25-23(28-20)29-16-18-8-6-9-19(15-18)22(27)24-11-14-26-12-3-2-4-13-26/h5-10,15H,2-4,11-14,16H2,1H3,(H,24,27). The van der Waals surface area contributed by atoms with E-state index in [1.165, 1.54) is 19.3 Å². The number of oxazole rings is 1. The van der Waals surface area contributed by atoms with Crippen molar-refractivity contribution < 1.29 is 9.21 Å². The van der Waals surface area contributed by atoms with Crippen molar-refractivity contribution in [3.8, 4) is 0 Å². The van der Waals surface area contributed by atoms with Gasteiger partial charge < -0.3 is 14.6 Å². The number of aryl methyl sites for hydroxylation is 1. The Bertz CT molecular complexity index is 979. The summed E-state index contributed by atoms with van der Waals surface area (Å²) < 4.78 is 5.83. The first kappa shape index (κ1) is 20.0. The fourth-order valence-electron chi connectivity index (χ4n) is 3.69. The molecule has 0 saturated carbocycles. The molecule has 1 aliphatic rings. The average molecular weight is 410 g/mol. The Balaban J connectivity index is 1.31. The minimum atomic E-state index is -0.00801. The van der Waals surface area contributed by atoms with E-state index >= 15 is 0 Å². The quantitative estimate of drug-likeness (QED) is 0.576. The Kier molecular flexibility index (Phi) is 6.52. The zero-order chi connectivity index (χ0) is 20.1. The van der Waals surface area contributed by atoms with Gasteiger partial charge in [0.15, 0.2) is 5.58 Å². The lowest BCUT2D eigenvalue weighted by atomic mass is 10.1. The topological polar surface area (TPSA) is 58.4 Å². The van der Waals surface area contributed by atoms with Crippen molar-refractivity contribution >= 4 is 28.8 Å². The van der Waals surface area contributed by atoms with Crippen LogP contribution in [0, 0.1) is 6.92 Å². The largest absolute Gasteiger partial charge is 0.431 e. The van der Waals surface area contributed by atoms with Crippen LogP contribution in [0.2, 0.25) is 0 Å². The van der Waals surface area contributed by atoms with Gasteiger partial charge in [-0.25, -0.2) is 4.98 Å². The first-order valence-electron chi connectivity index (χ1n) is 10.3. The van der Waals surface area contributed by atoms with E-state index in [1.807, 2.05) is 49.4 Å². The van der Waals surface area contributed by atoms with Gasteiger partial charge in [-0.3, -0.25) is 4.79 Å². The Hall–Kier alpha value is -2.31. The number of likely N-dealkylation sites (tertiary alicyclic amines) is 1. The molecule has 152 valence electrons. The molecular formula is C23H27N3O2S. The van der Waals surface area contributed by atoms with E-state index < -0.39 is 0 Å². The molecule has 0 radical (unpaired) electrons. The number of benzene rings is 2. The van der Waals surface area contributed by atoms with Crippen molar-refractivity contribution in [2.24, 2.45) is 0 Å². The lowest BCUT2D eigenvalue weighted by molar-refractivity contribution is 0.0946. The highest BCUT2D eigenvalue weighted by Crippen LogP contribution is 2.27. The summed E-state index contributed by atoms with van der Waals surface area (Å²) >= 11 is 1.55. The molecule has 1 fully saturated rings. The molecule has 1 N–H and O–H groups in total. The molecular weight excluding hydrogens is 382 g/mol. The number of hydrogen-bond acceptors (Lipinski definition) is 5. The second-order valence-corrected chi connectivity index (χ2v) is 8.48. The SMILES string of the molecule is Cc1cccc2oc(SCc3cccc(C(=O)NCCN4CCCCC4)c3)nc12. The Labute approximate surface area is 175 Å². The van der Waals surface area contributed by atoms with Gasteiger partial charge in [0, 0.05) is 24.4 Å². The van der Waals surface area contributed by atoms with Crippen LogP contribution in [0.1, 0.15) is 40.7 Å². The third-order valence-corrected chi connectivity index (χ3v) is 6.21. The molecule has 3 aromatic rings. The van der Waals surface area contributed by atoms with Gasteiger partial charge in [-0.1, -0.05) is 42.4 Å². The summed E-state index contributed by atoms with van der Waals surface area (Å²) in [4.78, 5) is 19.5. The number of piperidine rings is 1. The molecule has 1 aromatic heterocycles. The Morgan fingerprint density at radius 2 is 2.00 bits per heavy atom. The molecule has 5 nitrogen and oxygen atoms in total. The maximum atomic E-state index is 12.5. The van der Waals surface area contributed by atoms with Crippen LogP contribution in [0.25, 0.3) is 11.1 Å². The van der Waals surface area contributed by atoms with Gasteiger partial charge in [0.1, 0.15) is 5.52 Å². The highest BCUT2D eigenvalue weighted by atomic mass is 32.2. The lowest BCUT2D eigenvalue weighted by Crippen LogP contribution is -2.37. The molecule has 4 rings (SSSR count). The number of carbonyl (C=O) groups excluding carboxylic acids is 1. The second kappa shape index (κ2) is 9.46. The van der Waals surface area contributed by atoms with Gasteiger partial charge in [0.25, 0.3) is 11.1 Å². The number of nitrogens with zero attached hydrogens (tertiary/aromatic N) is 2. The molecule has 29 heavy (non-hydrogen) atoms. The number of fused-ring (bicyclic) bond motifs is 1. The summed E-state index contributed by atoms with van der Waals surface area (Å²) in [6, 6.07) is 13.7. The Morgan fingerprint density at radius 1 is 1.17 bits per heavy atom. The van der Waals surface area contributed by atoms with E-state index in [0.717, 1.165) is 41.9 Å². The number of rotatable bonds is 7. The summed E-state index contributed by atoms with van der Waals surface area (Å²) in [5.74, 6) is 0.701. The van der Waals surface area contributed by atoms with Crippen molar-refractivity contribution in [1.29, 1.82) is 0 Å². The molecule has 2 aromatic carbocycles. The van der Waals surface area contributed by atoms with E-state index in [2.05, 4.69) is 15.2 Å². The molecule has 6 heteroatoms. The monoisotopic (exact) mass is 409 g/mol. The first-order valence-corrected chi connectivity index (χ1v) is 11.3. The molecule has 2 heterocycles. The third kappa shape index (κ3) is 5.19. The molecule has 1 aliphatic heterocycles.